The van der Waals surface area contributed by atoms with E-state index in [-0.39, 0.29) is 41.4 Å². The van der Waals surface area contributed by atoms with E-state index in [1.807, 2.05) is 13.0 Å². The number of aliphatic hydroxyl groups excluding tert-OH is 2. The predicted octanol–water partition coefficient (Wildman–Crippen LogP) is 4.75. The number of halogens is 2. The van der Waals surface area contributed by atoms with Crippen LogP contribution >= 0.6 is 23.2 Å². The van der Waals surface area contributed by atoms with Crippen LogP contribution in [0.5, 0.6) is 5.75 Å². The van der Waals surface area contributed by atoms with Crippen LogP contribution in [0.4, 0.5) is 0 Å². The van der Waals surface area contributed by atoms with Gasteiger partial charge in [0.15, 0.2) is 17.0 Å². The first-order chi connectivity index (χ1) is 15.6. The Labute approximate surface area is 204 Å². The molecule has 1 aromatic rings. The number of hydrogen-bond acceptors (Lipinski definition) is 6. The Morgan fingerprint density at radius 1 is 1.36 bits per heavy atom. The number of carbonyl (C=O) groups is 1. The standard InChI is InChI=1S/C25H31Cl2NO5/c1-14-4-7-19-24(2,10-8-20(30)25(19,3)13-29)16(14)6-5-15-18(12-32-23(15)31)33-21-17(26)9-11-28-22(21)27/h5,9,11,16,18-20,29-30H,1,4,6-8,10,12-13H2,2-3H3/b15-5+/t16-,18+,19+,20-,24+,25?/m1/s1. The zero-order valence-electron chi connectivity index (χ0n) is 19.0. The quantitative estimate of drug-likeness (QED) is 0.265. The third-order valence-corrected chi connectivity index (χ3v) is 8.86. The lowest BCUT2D eigenvalue weighted by Crippen LogP contribution is -2.57. The lowest BCUT2D eigenvalue weighted by Gasteiger charge is -2.59. The lowest BCUT2D eigenvalue weighted by atomic mass is 9.46. The first-order valence-corrected chi connectivity index (χ1v) is 12.2. The SMILES string of the molecule is C=C1CC[C@@H]2C(C)(CO)[C@H](O)CC[C@@]2(C)[C@@H]1C/C=C1/C(=O)OC[C@@H]1Oc1c(Cl)ccnc1Cl. The molecule has 0 spiro atoms. The Bertz CT molecular complexity index is 961. The number of rotatable bonds is 5. The number of allylic oxidation sites excluding steroid dienone is 2. The average molecular weight is 496 g/mol. The van der Waals surface area contributed by atoms with E-state index in [0.29, 0.717) is 23.4 Å². The van der Waals surface area contributed by atoms with E-state index in [4.69, 9.17) is 32.7 Å². The molecular formula is C25H31Cl2NO5. The van der Waals surface area contributed by atoms with E-state index < -0.39 is 23.6 Å². The van der Waals surface area contributed by atoms with Crippen LogP contribution in [0.15, 0.2) is 36.1 Å². The molecule has 180 valence electrons. The number of cyclic esters (lactones) is 1. The molecule has 2 N–H and O–H groups in total. The van der Waals surface area contributed by atoms with Crippen molar-refractivity contribution in [2.75, 3.05) is 13.2 Å². The highest BCUT2D eigenvalue weighted by Crippen LogP contribution is 2.61. The van der Waals surface area contributed by atoms with Crippen LogP contribution in [-0.4, -0.2) is 46.6 Å². The van der Waals surface area contributed by atoms with Crippen LogP contribution in [0.1, 0.15) is 46.0 Å². The van der Waals surface area contributed by atoms with Gasteiger partial charge < -0.3 is 19.7 Å². The second-order valence-electron chi connectivity index (χ2n) is 10.0. The van der Waals surface area contributed by atoms with Crippen molar-refractivity contribution < 1.29 is 24.5 Å². The Balaban J connectivity index is 1.59. The van der Waals surface area contributed by atoms with Gasteiger partial charge in [0.2, 0.25) is 0 Å². The maximum Gasteiger partial charge on any atom is 0.337 e. The number of fused-ring (bicyclic) bond motifs is 1. The number of pyridine rings is 1. The normalized spacial score (nSPS) is 37.7. The van der Waals surface area contributed by atoms with Crippen molar-refractivity contribution in [2.24, 2.45) is 22.7 Å². The van der Waals surface area contributed by atoms with E-state index in [2.05, 4.69) is 18.5 Å². The molecule has 1 aromatic heterocycles. The van der Waals surface area contributed by atoms with Gasteiger partial charge in [-0.3, -0.25) is 0 Å². The largest absolute Gasteiger partial charge is 0.477 e. The van der Waals surface area contributed by atoms with Gasteiger partial charge in [0.1, 0.15) is 6.61 Å². The Hall–Kier alpha value is -1.60. The number of carbonyl (C=O) groups excluding carboxylic acids is 1. The van der Waals surface area contributed by atoms with Gasteiger partial charge in [-0.05, 0) is 55.4 Å². The zero-order chi connectivity index (χ0) is 24.0. The second-order valence-corrected chi connectivity index (χ2v) is 10.8. The molecule has 2 saturated carbocycles. The number of nitrogens with zero attached hydrogens (tertiary/aromatic N) is 1. The molecule has 8 heteroatoms. The number of hydrogen-bond donors (Lipinski definition) is 2. The minimum atomic E-state index is -0.631. The van der Waals surface area contributed by atoms with Crippen LogP contribution in [0.2, 0.25) is 10.2 Å². The van der Waals surface area contributed by atoms with Crippen molar-refractivity contribution in [1.29, 1.82) is 0 Å². The Morgan fingerprint density at radius 3 is 2.82 bits per heavy atom. The summed E-state index contributed by atoms with van der Waals surface area (Å²) in [6.07, 6.45) is 6.02. The summed E-state index contributed by atoms with van der Waals surface area (Å²) in [6, 6.07) is 1.58. The Kier molecular flexibility index (Phi) is 6.85. The summed E-state index contributed by atoms with van der Waals surface area (Å²) in [5, 5.41) is 21.3. The predicted molar refractivity (Wildman–Crippen MR) is 126 cm³/mol. The van der Waals surface area contributed by atoms with Crippen molar-refractivity contribution in [3.05, 3.63) is 46.2 Å². The molecule has 0 bridgehead atoms. The summed E-state index contributed by atoms with van der Waals surface area (Å²) in [7, 11) is 0. The molecule has 0 radical (unpaired) electrons. The highest BCUT2D eigenvalue weighted by Gasteiger charge is 2.57. The highest BCUT2D eigenvalue weighted by molar-refractivity contribution is 6.36. The molecule has 2 heterocycles. The molecule has 1 aliphatic heterocycles. The van der Waals surface area contributed by atoms with Gasteiger partial charge in [0.05, 0.1) is 23.3 Å². The van der Waals surface area contributed by atoms with Gasteiger partial charge in [0, 0.05) is 11.6 Å². The molecule has 3 fully saturated rings. The molecule has 0 amide bonds. The van der Waals surface area contributed by atoms with E-state index >= 15 is 0 Å². The van der Waals surface area contributed by atoms with E-state index in [0.717, 1.165) is 24.8 Å². The van der Waals surface area contributed by atoms with E-state index in [1.165, 1.54) is 6.20 Å². The number of ether oxygens (including phenoxy) is 2. The summed E-state index contributed by atoms with van der Waals surface area (Å²) < 4.78 is 11.2. The maximum absolute atomic E-state index is 12.5. The van der Waals surface area contributed by atoms with Gasteiger partial charge in [-0.1, -0.05) is 55.3 Å². The minimum absolute atomic E-state index is 0.0520. The molecule has 6 atom stereocenters. The van der Waals surface area contributed by atoms with Gasteiger partial charge in [-0.25, -0.2) is 9.78 Å². The fourth-order valence-electron chi connectivity index (χ4n) is 6.30. The zero-order valence-corrected chi connectivity index (χ0v) is 20.5. The lowest BCUT2D eigenvalue weighted by molar-refractivity contribution is -0.151. The second kappa shape index (κ2) is 9.21. The third-order valence-electron chi connectivity index (χ3n) is 8.29. The van der Waals surface area contributed by atoms with Crippen LogP contribution in [0.3, 0.4) is 0 Å². The molecule has 6 nitrogen and oxygen atoms in total. The first-order valence-electron chi connectivity index (χ1n) is 11.4. The summed E-state index contributed by atoms with van der Waals surface area (Å²) in [6.45, 7) is 8.60. The average Bonchev–Trinajstić information content (AvgIpc) is 3.12. The summed E-state index contributed by atoms with van der Waals surface area (Å²) in [4.78, 5) is 16.5. The van der Waals surface area contributed by atoms with Crippen LogP contribution < -0.4 is 4.74 Å². The van der Waals surface area contributed by atoms with Crippen LogP contribution in [0.25, 0.3) is 0 Å². The number of esters is 1. The summed E-state index contributed by atoms with van der Waals surface area (Å²) in [5.41, 5.74) is 0.887. The van der Waals surface area contributed by atoms with Crippen molar-refractivity contribution in [3.63, 3.8) is 0 Å². The molecular weight excluding hydrogens is 465 g/mol. The summed E-state index contributed by atoms with van der Waals surface area (Å²) >= 11 is 12.3. The van der Waals surface area contributed by atoms with Crippen molar-refractivity contribution >= 4 is 29.2 Å². The molecule has 4 rings (SSSR count). The van der Waals surface area contributed by atoms with Gasteiger partial charge in [-0.15, -0.1) is 0 Å². The minimum Gasteiger partial charge on any atom is -0.477 e. The first kappa shape index (κ1) is 24.5. The highest BCUT2D eigenvalue weighted by atomic mass is 35.5. The molecule has 33 heavy (non-hydrogen) atoms. The van der Waals surface area contributed by atoms with Gasteiger partial charge >= 0.3 is 5.97 Å². The molecule has 1 unspecified atom stereocenters. The van der Waals surface area contributed by atoms with E-state index in [1.54, 1.807) is 6.07 Å². The van der Waals surface area contributed by atoms with E-state index in [9.17, 15) is 15.0 Å². The van der Waals surface area contributed by atoms with Crippen LogP contribution in [0, 0.1) is 22.7 Å². The third kappa shape index (κ3) is 4.20. The maximum atomic E-state index is 12.5. The molecule has 3 aliphatic rings. The van der Waals surface area contributed by atoms with Crippen molar-refractivity contribution in [1.82, 2.24) is 4.98 Å². The molecule has 2 aliphatic carbocycles. The smallest absolute Gasteiger partial charge is 0.337 e. The number of aromatic nitrogens is 1. The van der Waals surface area contributed by atoms with Crippen molar-refractivity contribution in [2.45, 2.75) is 58.2 Å². The topological polar surface area (TPSA) is 88.9 Å². The molecule has 0 aromatic carbocycles. The van der Waals surface area contributed by atoms with Crippen molar-refractivity contribution in [3.8, 4) is 5.75 Å². The Morgan fingerprint density at radius 2 is 2.12 bits per heavy atom. The summed E-state index contributed by atoms with van der Waals surface area (Å²) in [5.74, 6) is 0.0765. The monoisotopic (exact) mass is 495 g/mol. The van der Waals surface area contributed by atoms with Gasteiger partial charge in [-0.2, -0.15) is 0 Å². The fraction of sp³-hybridized carbons (Fsp3) is 0.600. The fourth-order valence-corrected chi connectivity index (χ4v) is 6.74. The van der Waals surface area contributed by atoms with Crippen LogP contribution in [-0.2, 0) is 9.53 Å². The number of aliphatic hydroxyl groups is 2. The molecule has 1 saturated heterocycles. The van der Waals surface area contributed by atoms with Gasteiger partial charge in [0.25, 0.3) is 0 Å².